The summed E-state index contributed by atoms with van der Waals surface area (Å²) in [5.41, 5.74) is 24.6. The first kappa shape index (κ1) is 103. The van der Waals surface area contributed by atoms with Crippen LogP contribution in [-0.4, -0.2) is 254 Å². The molecule has 680 valence electrons. The molecule has 0 saturated carbocycles. The fraction of sp³-hybridized carbons (Fsp3) is 0.544. The van der Waals surface area contributed by atoms with E-state index in [1.165, 1.54) is 45.1 Å². The van der Waals surface area contributed by atoms with E-state index in [2.05, 4.69) is 99.7 Å². The highest BCUT2D eigenvalue weighted by Gasteiger charge is 2.40. The summed E-state index contributed by atoms with van der Waals surface area (Å²) >= 11 is 1.38. The molecule has 42 nitrogen and oxygen atoms in total. The summed E-state index contributed by atoms with van der Waals surface area (Å²) in [6.07, 6.45) is 2.86. The first-order valence-electron chi connectivity index (χ1n) is 40.2. The summed E-state index contributed by atoms with van der Waals surface area (Å²) in [6.45, 7) is 14.2. The van der Waals surface area contributed by atoms with E-state index in [-0.39, 0.29) is 69.1 Å². The number of guanidine groups is 1. The number of carbonyl (C=O) groups is 18. The van der Waals surface area contributed by atoms with Crippen molar-refractivity contribution in [2.24, 2.45) is 51.6 Å². The second-order valence-electron chi connectivity index (χ2n) is 31.1. The number of aliphatic imine (C=N–C) groups is 1. The second kappa shape index (κ2) is 51.2. The first-order chi connectivity index (χ1) is 58.5. The number of carboxylic acid groups (broad SMARTS) is 1. The van der Waals surface area contributed by atoms with Crippen molar-refractivity contribution in [2.75, 3.05) is 36.6 Å². The topological polar surface area (TPSA) is 669 Å². The molecule has 0 spiro atoms. The summed E-state index contributed by atoms with van der Waals surface area (Å²) in [4.78, 5) is 270. The number of aromatic nitrogens is 3. The summed E-state index contributed by atoms with van der Waals surface area (Å²) in [6, 6.07) is -7.32. The third-order valence-corrected chi connectivity index (χ3v) is 22.4. The Kier molecular flexibility index (Phi) is 42.3. The molecule has 5 rings (SSSR count). The smallest absolute Gasteiger partial charge is 0.305 e. The number of benzene rings is 2. The zero-order valence-corrected chi connectivity index (χ0v) is 73.4. The van der Waals surface area contributed by atoms with Crippen LogP contribution in [0, 0.1) is 23.7 Å². The number of aliphatic carboxylic acids is 1. The van der Waals surface area contributed by atoms with Crippen molar-refractivity contribution in [3.8, 4) is 0 Å². The molecule has 124 heavy (non-hydrogen) atoms. The summed E-state index contributed by atoms with van der Waals surface area (Å²) < 4.78 is 0. The SMILES string of the molecule is CSCC[C@H](NC(=O)[C@@H](NC(=O)[C@H](CCCN=C(N)N)NC(=O)[C@@H]1CSSC[C@H](NC(=O)[C@@H](NC(=O)[C@H](CC(=O)O)NC(=O)[C@H](Cc2ccccc2)NC(C)=O)C(C)C)C(=O)N[C@@H](CC(N)=O)C(=O)N[C@@H](Cc2c[nH]c3ccccc23)C(=O)N[C@@H](C(C)C)C(=O)NCC(=O)N[C@@H](CC(C)C)C(=O)N[C@@H](C)C(=O)N[C@@H](Cc2cnc[nH]2)C(=O)N1)C(C)C)C(N)=O. The Hall–Kier alpha value is -12.0. The third kappa shape index (κ3) is 34.7. The Morgan fingerprint density at radius 3 is 1.79 bits per heavy atom. The van der Waals surface area contributed by atoms with Gasteiger partial charge in [0, 0.05) is 73.2 Å². The predicted octanol–water partition coefficient (Wildman–Crippen LogP) is -4.09. The van der Waals surface area contributed by atoms with Gasteiger partial charge in [-0.05, 0) is 85.5 Å². The number of fused-ring (bicyclic) bond motifs is 1. The maximum Gasteiger partial charge on any atom is 0.305 e. The number of nitrogens with one attached hydrogen (secondary N) is 17. The van der Waals surface area contributed by atoms with Gasteiger partial charge in [0.25, 0.3) is 0 Å². The van der Waals surface area contributed by atoms with E-state index in [1.807, 2.05) is 0 Å². The average molecular weight is 1790 g/mol. The molecule has 0 unspecified atom stereocenters. The van der Waals surface area contributed by atoms with Gasteiger partial charge in [-0.15, -0.1) is 0 Å². The van der Waals surface area contributed by atoms with Crippen LogP contribution in [0.3, 0.4) is 0 Å². The Bertz CT molecular complexity index is 4420. The number of carbonyl (C=O) groups excluding carboxylic acids is 17. The Labute approximate surface area is 728 Å². The Balaban J connectivity index is 1.70. The molecule has 1 saturated heterocycles. The highest BCUT2D eigenvalue weighted by Crippen LogP contribution is 2.25. The zero-order chi connectivity index (χ0) is 92.2. The highest BCUT2D eigenvalue weighted by atomic mass is 33.1. The van der Waals surface area contributed by atoms with Crippen molar-refractivity contribution in [1.82, 2.24) is 94.7 Å². The number of thioether (sulfide) groups is 1. The fourth-order valence-corrected chi connectivity index (χ4v) is 15.5. The minimum Gasteiger partial charge on any atom is -0.481 e. The van der Waals surface area contributed by atoms with Crippen molar-refractivity contribution in [2.45, 2.75) is 212 Å². The van der Waals surface area contributed by atoms with Gasteiger partial charge in [-0.3, -0.25) is 91.3 Å². The van der Waals surface area contributed by atoms with E-state index < -0.39 is 240 Å². The highest BCUT2D eigenvalue weighted by molar-refractivity contribution is 8.76. The molecule has 0 bridgehead atoms. The summed E-state index contributed by atoms with van der Waals surface area (Å²) in [5, 5.41) is 48.9. The number of H-pyrrole nitrogens is 2. The molecule has 14 atom stereocenters. The van der Waals surface area contributed by atoms with Crippen LogP contribution < -0.4 is 103 Å². The van der Waals surface area contributed by atoms with Crippen molar-refractivity contribution < 1.29 is 91.4 Å². The van der Waals surface area contributed by atoms with Gasteiger partial charge >= 0.3 is 5.97 Å². The average Bonchev–Trinajstić information content (AvgIpc) is 1.65. The number of amides is 17. The standard InChI is InChI=1S/C79H117N23O19S3/c1-38(2)26-51-68(111)89-42(9)66(109)94-54(29-46-33-84-37-88-46)70(113)98-57(74(117)93-50(22-17-24-85-79(82)83)67(110)101-63(40(5)6)77(120)92-49(65(81)108)23-25-122-11)35-123-124-36-58(99-78(121)64(41(7)8)102-73(116)56(31-61(106)107)97-69(112)52(90-43(10)103)27-44-18-13-12-14-19-44)75(118)96-55(30-59(80)104)71(114)95-53(28-45-32-86-48-21-16-15-20-47(45)48)72(115)100-62(39(3)4)76(119)87-34-60(105)91-51/h12-16,18-21,32-33,37-42,49-58,62-64,86H,17,22-31,34-36H2,1-11H3,(H2,80,104)(H2,81,108)(H,84,88)(H,87,119)(H,89,111)(H,90,103)(H,91,105)(H,92,120)(H,93,117)(H,94,109)(H,95,114)(H,96,118)(H,97,112)(H,98,113)(H,99,121)(H,100,115)(H,101,110)(H,102,116)(H,106,107)(H4,82,83,85)/t42-,49-,50-,51-,52-,53-,54-,55-,56-,57-,58-,62-,63-,64-/m0/s1. The van der Waals surface area contributed by atoms with E-state index in [0.717, 1.165) is 17.7 Å². The molecule has 45 heteroatoms. The van der Waals surface area contributed by atoms with Gasteiger partial charge in [-0.1, -0.05) is 126 Å². The quantitative estimate of drug-likeness (QED) is 0.00891. The van der Waals surface area contributed by atoms with Crippen LogP contribution >= 0.6 is 33.3 Å². The lowest BCUT2D eigenvalue weighted by atomic mass is 10.00. The number of para-hydroxylation sites is 1. The van der Waals surface area contributed by atoms with Gasteiger partial charge in [0.15, 0.2) is 5.96 Å². The number of hydrogen-bond donors (Lipinski definition) is 22. The maximum absolute atomic E-state index is 15.3. The largest absolute Gasteiger partial charge is 0.481 e. The number of primary amides is 2. The van der Waals surface area contributed by atoms with E-state index in [9.17, 15) is 67.4 Å². The zero-order valence-electron chi connectivity index (χ0n) is 70.9. The molecule has 26 N–H and O–H groups in total. The predicted molar refractivity (Wildman–Crippen MR) is 463 cm³/mol. The number of aromatic amines is 2. The van der Waals surface area contributed by atoms with Crippen LogP contribution in [0.5, 0.6) is 0 Å². The van der Waals surface area contributed by atoms with Crippen molar-refractivity contribution in [3.05, 3.63) is 90.1 Å². The minimum atomic E-state index is -2.03. The van der Waals surface area contributed by atoms with E-state index in [0.29, 0.717) is 38.6 Å². The Morgan fingerprint density at radius 1 is 0.597 bits per heavy atom. The summed E-state index contributed by atoms with van der Waals surface area (Å²) in [7, 11) is 1.44. The number of nitrogens with zero attached hydrogens (tertiary/aromatic N) is 2. The molecule has 3 heterocycles. The molecule has 17 amide bonds. The van der Waals surface area contributed by atoms with Gasteiger partial charge in [0.05, 0.1) is 25.7 Å². The van der Waals surface area contributed by atoms with Gasteiger partial charge in [0.1, 0.15) is 84.6 Å². The van der Waals surface area contributed by atoms with Crippen molar-refractivity contribution in [1.29, 1.82) is 0 Å². The second-order valence-corrected chi connectivity index (χ2v) is 34.7. The number of imidazole rings is 1. The molecule has 0 aliphatic carbocycles. The fourth-order valence-electron chi connectivity index (χ4n) is 12.7. The molecule has 1 aliphatic rings. The van der Waals surface area contributed by atoms with Crippen LogP contribution in [0.2, 0.25) is 0 Å². The van der Waals surface area contributed by atoms with Gasteiger partial charge in [-0.2, -0.15) is 11.8 Å². The summed E-state index contributed by atoms with van der Waals surface area (Å²) in [5.74, 6) is -22.6. The van der Waals surface area contributed by atoms with E-state index in [4.69, 9.17) is 22.9 Å². The maximum atomic E-state index is 15.3. The molecule has 0 radical (unpaired) electrons. The normalized spacial score (nSPS) is 20.4. The van der Waals surface area contributed by atoms with E-state index in [1.54, 1.807) is 109 Å². The third-order valence-electron chi connectivity index (χ3n) is 19.3. The number of rotatable bonds is 36. The minimum absolute atomic E-state index is 0.0130. The van der Waals surface area contributed by atoms with E-state index >= 15 is 24.0 Å². The van der Waals surface area contributed by atoms with Crippen LogP contribution in [0.25, 0.3) is 10.9 Å². The van der Waals surface area contributed by atoms with Crippen LogP contribution in [0.4, 0.5) is 0 Å². The van der Waals surface area contributed by atoms with Gasteiger partial charge in [-0.25, -0.2) is 4.98 Å². The van der Waals surface area contributed by atoms with Crippen LogP contribution in [0.1, 0.15) is 125 Å². The van der Waals surface area contributed by atoms with Crippen molar-refractivity contribution >= 4 is 157 Å². The van der Waals surface area contributed by atoms with Crippen LogP contribution in [-0.2, 0) is 106 Å². The number of carboxylic acids is 1. The lowest BCUT2D eigenvalue weighted by Crippen LogP contribution is -2.62. The molecular weight excluding hydrogens is 1670 g/mol. The monoisotopic (exact) mass is 1790 g/mol. The molecular formula is C79H117N23O19S3. The van der Waals surface area contributed by atoms with Gasteiger partial charge in [0.2, 0.25) is 100 Å². The number of nitrogens with two attached hydrogens (primary N) is 4. The molecule has 1 aliphatic heterocycles. The molecule has 2 aromatic carbocycles. The lowest BCUT2D eigenvalue weighted by Gasteiger charge is -2.29. The number of hydrogen-bond acceptors (Lipinski definition) is 23. The van der Waals surface area contributed by atoms with Crippen LogP contribution in [0.15, 0.2) is 78.3 Å². The Morgan fingerprint density at radius 2 is 1.19 bits per heavy atom. The first-order valence-corrected chi connectivity index (χ1v) is 44.1. The molecule has 4 aromatic rings. The molecule has 1 fully saturated rings. The van der Waals surface area contributed by atoms with Gasteiger partial charge < -0.3 is 118 Å². The lowest BCUT2D eigenvalue weighted by molar-refractivity contribution is -0.141. The molecule has 2 aromatic heterocycles. The van der Waals surface area contributed by atoms with Crippen molar-refractivity contribution in [3.63, 3.8) is 0 Å².